The predicted octanol–water partition coefficient (Wildman–Crippen LogP) is 3.80. The number of benzene rings is 1. The number of hydrogen-bond acceptors (Lipinski definition) is 2. The molecule has 0 unspecified atom stereocenters. The van der Waals surface area contributed by atoms with E-state index in [1.165, 1.54) is 6.07 Å². The SMILES string of the molecule is CCCCN(CC(F)(F)F)C(=O)c1cc(N)ccc1C.Cl. The van der Waals surface area contributed by atoms with Crippen molar-refractivity contribution in [2.75, 3.05) is 18.8 Å². The Kier molecular flexibility index (Phi) is 7.57. The number of amides is 1. The number of nitrogens with zero attached hydrogens (tertiary/aromatic N) is 1. The van der Waals surface area contributed by atoms with E-state index in [1.807, 2.05) is 6.92 Å². The predicted molar refractivity (Wildman–Crippen MR) is 79.7 cm³/mol. The largest absolute Gasteiger partial charge is 0.406 e. The number of aryl methyl sites for hydroxylation is 1. The number of carbonyl (C=O) groups excluding carboxylic acids is 1. The van der Waals surface area contributed by atoms with Gasteiger partial charge in [0.15, 0.2) is 0 Å². The first-order valence-electron chi connectivity index (χ1n) is 6.46. The standard InChI is InChI=1S/C14H19F3N2O.ClH/c1-3-4-7-19(9-14(15,16)17)13(20)12-8-11(18)6-5-10(12)2;/h5-6,8H,3-4,7,9,18H2,1-2H3;1H. The van der Waals surface area contributed by atoms with E-state index in [9.17, 15) is 18.0 Å². The third-order valence-electron chi connectivity index (χ3n) is 2.93. The maximum atomic E-state index is 12.6. The molecular formula is C14H20ClF3N2O. The van der Waals surface area contributed by atoms with Crippen molar-refractivity contribution in [3.63, 3.8) is 0 Å². The van der Waals surface area contributed by atoms with Crippen LogP contribution in [0.3, 0.4) is 0 Å². The van der Waals surface area contributed by atoms with Crippen molar-refractivity contribution in [2.24, 2.45) is 0 Å². The first-order chi connectivity index (χ1) is 9.24. The molecule has 0 spiro atoms. The molecule has 0 bridgehead atoms. The van der Waals surface area contributed by atoms with Crippen LogP contribution in [0.1, 0.15) is 35.7 Å². The van der Waals surface area contributed by atoms with Crippen LogP contribution >= 0.6 is 12.4 Å². The molecule has 1 aromatic carbocycles. The highest BCUT2D eigenvalue weighted by Crippen LogP contribution is 2.21. The fourth-order valence-corrected chi connectivity index (χ4v) is 1.86. The number of nitrogens with two attached hydrogens (primary N) is 1. The summed E-state index contributed by atoms with van der Waals surface area (Å²) < 4.78 is 37.7. The van der Waals surface area contributed by atoms with Crippen LogP contribution in [0.5, 0.6) is 0 Å². The summed E-state index contributed by atoms with van der Waals surface area (Å²) in [6.45, 7) is 2.39. The Hall–Kier alpha value is -1.43. The third kappa shape index (κ3) is 6.25. The van der Waals surface area contributed by atoms with E-state index in [4.69, 9.17) is 5.73 Å². The first-order valence-corrected chi connectivity index (χ1v) is 6.46. The van der Waals surface area contributed by atoms with Gasteiger partial charge in [-0.2, -0.15) is 13.2 Å². The van der Waals surface area contributed by atoms with Gasteiger partial charge in [0.2, 0.25) is 0 Å². The van der Waals surface area contributed by atoms with Crippen molar-refractivity contribution in [2.45, 2.75) is 32.9 Å². The number of alkyl halides is 3. The normalized spacial score (nSPS) is 10.9. The monoisotopic (exact) mass is 324 g/mol. The minimum absolute atomic E-state index is 0. The van der Waals surface area contributed by atoms with Gasteiger partial charge in [0.25, 0.3) is 5.91 Å². The molecule has 0 aliphatic heterocycles. The van der Waals surface area contributed by atoms with Gasteiger partial charge in [0.05, 0.1) is 0 Å². The molecule has 1 amide bonds. The highest BCUT2D eigenvalue weighted by atomic mass is 35.5. The zero-order chi connectivity index (χ0) is 15.3. The van der Waals surface area contributed by atoms with Crippen molar-refractivity contribution in [1.82, 2.24) is 4.90 Å². The maximum Gasteiger partial charge on any atom is 0.406 e. The Morgan fingerprint density at radius 3 is 2.48 bits per heavy atom. The topological polar surface area (TPSA) is 46.3 Å². The fraction of sp³-hybridized carbons (Fsp3) is 0.500. The molecule has 120 valence electrons. The lowest BCUT2D eigenvalue weighted by Crippen LogP contribution is -2.39. The van der Waals surface area contributed by atoms with Gasteiger partial charge in [-0.05, 0) is 31.0 Å². The highest BCUT2D eigenvalue weighted by molar-refractivity contribution is 5.96. The van der Waals surface area contributed by atoms with Gasteiger partial charge in [0.1, 0.15) is 6.54 Å². The summed E-state index contributed by atoms with van der Waals surface area (Å²) in [6, 6.07) is 4.67. The number of halogens is 4. The van der Waals surface area contributed by atoms with Crippen molar-refractivity contribution in [3.8, 4) is 0 Å². The lowest BCUT2D eigenvalue weighted by molar-refractivity contribution is -0.140. The van der Waals surface area contributed by atoms with E-state index in [2.05, 4.69) is 0 Å². The number of hydrogen-bond donors (Lipinski definition) is 1. The third-order valence-corrected chi connectivity index (χ3v) is 2.93. The van der Waals surface area contributed by atoms with E-state index in [-0.39, 0.29) is 24.5 Å². The van der Waals surface area contributed by atoms with Gasteiger partial charge in [-0.15, -0.1) is 12.4 Å². The Morgan fingerprint density at radius 2 is 1.95 bits per heavy atom. The first kappa shape index (κ1) is 19.6. The molecule has 0 aliphatic rings. The summed E-state index contributed by atoms with van der Waals surface area (Å²) in [5.74, 6) is -0.624. The summed E-state index contributed by atoms with van der Waals surface area (Å²) in [4.78, 5) is 13.1. The van der Waals surface area contributed by atoms with Crippen molar-refractivity contribution in [1.29, 1.82) is 0 Å². The van der Waals surface area contributed by atoms with Crippen molar-refractivity contribution < 1.29 is 18.0 Å². The Balaban J connectivity index is 0.00000400. The Bertz CT molecular complexity index is 478. The molecule has 2 N–H and O–H groups in total. The molecule has 0 atom stereocenters. The number of carbonyl (C=O) groups is 1. The van der Waals surface area contributed by atoms with Crippen LogP contribution in [-0.2, 0) is 0 Å². The van der Waals surface area contributed by atoms with Crippen LogP contribution in [-0.4, -0.2) is 30.1 Å². The van der Waals surface area contributed by atoms with Gasteiger partial charge < -0.3 is 10.6 Å². The number of unbranched alkanes of at least 4 members (excludes halogenated alkanes) is 1. The maximum absolute atomic E-state index is 12.6. The average molecular weight is 325 g/mol. The summed E-state index contributed by atoms with van der Waals surface area (Å²) in [5.41, 5.74) is 6.81. The molecule has 1 rings (SSSR count). The molecule has 0 aliphatic carbocycles. The average Bonchev–Trinajstić information content (AvgIpc) is 2.35. The van der Waals surface area contributed by atoms with Gasteiger partial charge in [0, 0.05) is 17.8 Å². The second-order valence-corrected chi connectivity index (χ2v) is 4.77. The molecule has 7 heteroatoms. The van der Waals surface area contributed by atoms with Gasteiger partial charge in [-0.1, -0.05) is 19.4 Å². The van der Waals surface area contributed by atoms with Crippen LogP contribution in [0, 0.1) is 6.92 Å². The molecule has 3 nitrogen and oxygen atoms in total. The minimum atomic E-state index is -4.41. The van der Waals surface area contributed by atoms with Crippen LogP contribution in [0.2, 0.25) is 0 Å². The van der Waals surface area contributed by atoms with E-state index in [0.29, 0.717) is 17.7 Å². The molecule has 1 aromatic rings. The Morgan fingerprint density at radius 1 is 1.33 bits per heavy atom. The summed E-state index contributed by atoms with van der Waals surface area (Å²) >= 11 is 0. The van der Waals surface area contributed by atoms with E-state index in [1.54, 1.807) is 19.1 Å². The second kappa shape index (κ2) is 8.12. The molecule has 0 saturated carbocycles. The quantitative estimate of drug-likeness (QED) is 0.837. The molecule has 0 saturated heterocycles. The van der Waals surface area contributed by atoms with Gasteiger partial charge in [-0.3, -0.25) is 4.79 Å². The van der Waals surface area contributed by atoms with Crippen LogP contribution in [0.15, 0.2) is 18.2 Å². The number of rotatable bonds is 5. The molecular weight excluding hydrogens is 305 g/mol. The van der Waals surface area contributed by atoms with E-state index >= 15 is 0 Å². The van der Waals surface area contributed by atoms with Crippen molar-refractivity contribution in [3.05, 3.63) is 29.3 Å². The van der Waals surface area contributed by atoms with Crippen LogP contribution in [0.25, 0.3) is 0 Å². The smallest absolute Gasteiger partial charge is 0.399 e. The van der Waals surface area contributed by atoms with Crippen LogP contribution in [0.4, 0.5) is 18.9 Å². The minimum Gasteiger partial charge on any atom is -0.399 e. The zero-order valence-electron chi connectivity index (χ0n) is 12.0. The summed E-state index contributed by atoms with van der Waals surface area (Å²) in [5, 5.41) is 0. The van der Waals surface area contributed by atoms with Crippen molar-refractivity contribution >= 4 is 24.0 Å². The highest BCUT2D eigenvalue weighted by Gasteiger charge is 2.33. The van der Waals surface area contributed by atoms with Crippen LogP contribution < -0.4 is 5.73 Å². The molecule has 0 radical (unpaired) electrons. The fourth-order valence-electron chi connectivity index (χ4n) is 1.86. The molecule has 0 fully saturated rings. The summed E-state index contributed by atoms with van der Waals surface area (Å²) in [6.07, 6.45) is -3.15. The molecule has 0 heterocycles. The lowest BCUT2D eigenvalue weighted by Gasteiger charge is -2.24. The van der Waals surface area contributed by atoms with E-state index < -0.39 is 18.6 Å². The van der Waals surface area contributed by atoms with E-state index in [0.717, 1.165) is 11.3 Å². The van der Waals surface area contributed by atoms with Gasteiger partial charge >= 0.3 is 6.18 Å². The summed E-state index contributed by atoms with van der Waals surface area (Å²) in [7, 11) is 0. The number of nitrogen functional groups attached to an aromatic ring is 1. The van der Waals surface area contributed by atoms with Gasteiger partial charge in [-0.25, -0.2) is 0 Å². The zero-order valence-corrected chi connectivity index (χ0v) is 12.9. The lowest BCUT2D eigenvalue weighted by atomic mass is 10.1. The molecule has 21 heavy (non-hydrogen) atoms. The Labute approximate surface area is 128 Å². The second-order valence-electron chi connectivity index (χ2n) is 4.77. The molecule has 0 aromatic heterocycles. The number of anilines is 1.